The molecule has 0 spiro atoms. The number of carbonyl (C=O) groups is 1. The van der Waals surface area contributed by atoms with Gasteiger partial charge in [-0.05, 0) is 40.9 Å². The van der Waals surface area contributed by atoms with Gasteiger partial charge in [0, 0.05) is 6.04 Å². The lowest BCUT2D eigenvalue weighted by Crippen LogP contribution is -2.34. The Hall–Kier alpha value is -1.69. The average Bonchev–Trinajstić information content (AvgIpc) is 2.78. The van der Waals surface area contributed by atoms with Gasteiger partial charge in [-0.2, -0.15) is 5.10 Å². The molecule has 2 aromatic rings. The largest absolute Gasteiger partial charge is 0.348 e. The van der Waals surface area contributed by atoms with Gasteiger partial charge < -0.3 is 5.32 Å². The van der Waals surface area contributed by atoms with Gasteiger partial charge in [0.15, 0.2) is 0 Å². The fraction of sp³-hybridized carbons (Fsp3) is 0.231. The van der Waals surface area contributed by atoms with Crippen molar-refractivity contribution in [2.24, 2.45) is 0 Å². The monoisotopic (exact) mass is 325 g/mol. The summed E-state index contributed by atoms with van der Waals surface area (Å²) in [5.41, 5.74) is 0.944. The molecule has 1 heterocycles. The highest BCUT2D eigenvalue weighted by Crippen LogP contribution is 2.13. The number of nitrogens with one attached hydrogen (secondary N) is 2. The first kappa shape index (κ1) is 13.7. The summed E-state index contributed by atoms with van der Waals surface area (Å²) in [5.74, 6) is -0.528. The van der Waals surface area contributed by atoms with Gasteiger partial charge in [-0.3, -0.25) is 9.89 Å². The molecule has 0 unspecified atom stereocenters. The molecule has 2 N–H and O–H groups in total. The number of H-pyrrole nitrogens is 1. The lowest BCUT2D eigenvalue weighted by Gasteiger charge is -2.13. The van der Waals surface area contributed by atoms with E-state index in [0.717, 1.165) is 0 Å². The van der Waals surface area contributed by atoms with E-state index in [-0.39, 0.29) is 17.8 Å². The number of carbonyl (C=O) groups excluding carboxylic acids is 1. The highest BCUT2D eigenvalue weighted by molar-refractivity contribution is 9.10. The van der Waals surface area contributed by atoms with Crippen molar-refractivity contribution < 1.29 is 9.18 Å². The lowest BCUT2D eigenvalue weighted by atomic mass is 10.1. The molecule has 0 radical (unpaired) electrons. The van der Waals surface area contributed by atoms with Crippen molar-refractivity contribution in [3.8, 4) is 0 Å². The molecule has 0 saturated heterocycles. The third-order valence-electron chi connectivity index (χ3n) is 2.68. The van der Waals surface area contributed by atoms with Crippen LogP contribution in [0.1, 0.15) is 23.0 Å². The predicted molar refractivity (Wildman–Crippen MR) is 73.3 cm³/mol. The molecule has 6 heteroatoms. The molecule has 0 aliphatic heterocycles. The number of nitrogens with zero attached hydrogens (tertiary/aromatic N) is 1. The van der Waals surface area contributed by atoms with Gasteiger partial charge >= 0.3 is 0 Å². The van der Waals surface area contributed by atoms with Crippen molar-refractivity contribution >= 4 is 21.8 Å². The fourth-order valence-electron chi connectivity index (χ4n) is 1.77. The highest BCUT2D eigenvalue weighted by Gasteiger charge is 2.15. The predicted octanol–water partition coefficient (Wildman–Crippen LogP) is 2.67. The van der Waals surface area contributed by atoms with Crippen LogP contribution >= 0.6 is 15.9 Å². The fourth-order valence-corrected chi connectivity index (χ4v) is 2.14. The maximum absolute atomic E-state index is 13.5. The summed E-state index contributed by atoms with van der Waals surface area (Å²) < 4.78 is 14.1. The van der Waals surface area contributed by atoms with E-state index in [4.69, 9.17) is 0 Å². The Kier molecular flexibility index (Phi) is 4.31. The first-order valence-electron chi connectivity index (χ1n) is 5.81. The minimum absolute atomic E-state index is 0.181. The second-order valence-electron chi connectivity index (χ2n) is 4.26. The minimum Gasteiger partial charge on any atom is -0.348 e. The molecule has 0 aliphatic rings. The number of hydrogen-bond donors (Lipinski definition) is 2. The topological polar surface area (TPSA) is 57.8 Å². The van der Waals surface area contributed by atoms with Crippen LogP contribution in [0.4, 0.5) is 4.39 Å². The second kappa shape index (κ2) is 5.97. The number of rotatable bonds is 4. The number of aromatic amines is 1. The number of amides is 1. The third kappa shape index (κ3) is 3.41. The normalized spacial score (nSPS) is 12.2. The van der Waals surface area contributed by atoms with Gasteiger partial charge in [-0.25, -0.2) is 4.39 Å². The van der Waals surface area contributed by atoms with Crippen LogP contribution in [0.15, 0.2) is 34.9 Å². The molecule has 2 rings (SSSR count). The Morgan fingerprint density at radius 3 is 2.89 bits per heavy atom. The van der Waals surface area contributed by atoms with Crippen molar-refractivity contribution in [3.05, 3.63) is 52.0 Å². The zero-order valence-corrected chi connectivity index (χ0v) is 11.9. The van der Waals surface area contributed by atoms with Crippen LogP contribution in [0.25, 0.3) is 0 Å². The first-order chi connectivity index (χ1) is 9.08. The summed E-state index contributed by atoms with van der Waals surface area (Å²) in [7, 11) is 0. The molecule has 1 aromatic carbocycles. The smallest absolute Gasteiger partial charge is 0.270 e. The second-order valence-corrected chi connectivity index (χ2v) is 5.12. The van der Waals surface area contributed by atoms with Gasteiger partial charge in [0.2, 0.25) is 0 Å². The molecule has 100 valence electrons. The van der Waals surface area contributed by atoms with Crippen molar-refractivity contribution in [2.75, 3.05) is 0 Å². The molecule has 0 aliphatic carbocycles. The average molecular weight is 326 g/mol. The molecular weight excluding hydrogens is 313 g/mol. The van der Waals surface area contributed by atoms with Gasteiger partial charge in [-0.15, -0.1) is 0 Å². The van der Waals surface area contributed by atoms with E-state index in [1.807, 2.05) is 6.92 Å². The molecule has 1 atom stereocenters. The maximum Gasteiger partial charge on any atom is 0.270 e. The number of benzene rings is 1. The summed E-state index contributed by atoms with van der Waals surface area (Å²) in [4.78, 5) is 11.9. The zero-order chi connectivity index (χ0) is 13.8. The Morgan fingerprint density at radius 1 is 1.53 bits per heavy atom. The highest BCUT2D eigenvalue weighted by atomic mass is 79.9. The van der Waals surface area contributed by atoms with Gasteiger partial charge in [0.05, 0.1) is 10.7 Å². The zero-order valence-electron chi connectivity index (χ0n) is 10.3. The first-order valence-corrected chi connectivity index (χ1v) is 6.60. The van der Waals surface area contributed by atoms with E-state index >= 15 is 0 Å². The van der Waals surface area contributed by atoms with E-state index < -0.39 is 0 Å². The van der Waals surface area contributed by atoms with Crippen molar-refractivity contribution in [2.45, 2.75) is 19.4 Å². The Balaban J connectivity index is 1.99. The van der Waals surface area contributed by atoms with Gasteiger partial charge in [0.1, 0.15) is 11.5 Å². The van der Waals surface area contributed by atoms with Crippen LogP contribution in [-0.4, -0.2) is 22.1 Å². The molecule has 1 aromatic heterocycles. The summed E-state index contributed by atoms with van der Waals surface area (Å²) in [6, 6.07) is 6.36. The van der Waals surface area contributed by atoms with E-state index in [9.17, 15) is 9.18 Å². The van der Waals surface area contributed by atoms with Crippen LogP contribution in [0.5, 0.6) is 0 Å². The summed E-state index contributed by atoms with van der Waals surface area (Å²) >= 11 is 3.22. The Labute approximate surface area is 118 Å². The molecule has 4 nitrogen and oxygen atoms in total. The molecule has 19 heavy (non-hydrogen) atoms. The maximum atomic E-state index is 13.5. The van der Waals surface area contributed by atoms with E-state index in [2.05, 4.69) is 31.4 Å². The van der Waals surface area contributed by atoms with Crippen LogP contribution in [0, 0.1) is 5.82 Å². The summed E-state index contributed by atoms with van der Waals surface area (Å²) in [6.07, 6.45) is 1.95. The third-order valence-corrected chi connectivity index (χ3v) is 3.28. The van der Waals surface area contributed by atoms with E-state index in [0.29, 0.717) is 22.2 Å². The Morgan fingerprint density at radius 2 is 2.26 bits per heavy atom. The minimum atomic E-state index is -0.270. The molecule has 0 bridgehead atoms. The van der Waals surface area contributed by atoms with Crippen molar-refractivity contribution in [1.82, 2.24) is 15.5 Å². The van der Waals surface area contributed by atoms with Crippen LogP contribution < -0.4 is 5.32 Å². The standard InChI is InChI=1S/C13H13BrFN3O/c1-8(6-9-4-2-3-5-11(9)15)17-13(19)12-10(14)7-16-18-12/h2-5,7-8H,6H2,1H3,(H,16,18)(H,17,19)/t8-/m0/s1. The molecule has 0 fully saturated rings. The van der Waals surface area contributed by atoms with Crippen LogP contribution in [-0.2, 0) is 6.42 Å². The van der Waals surface area contributed by atoms with Crippen molar-refractivity contribution in [3.63, 3.8) is 0 Å². The van der Waals surface area contributed by atoms with Crippen LogP contribution in [0.2, 0.25) is 0 Å². The molecule has 0 saturated carbocycles. The van der Waals surface area contributed by atoms with Gasteiger partial charge in [-0.1, -0.05) is 18.2 Å². The van der Waals surface area contributed by atoms with Crippen LogP contribution in [0.3, 0.4) is 0 Å². The summed E-state index contributed by atoms with van der Waals surface area (Å²) in [6.45, 7) is 1.83. The van der Waals surface area contributed by atoms with Gasteiger partial charge in [0.25, 0.3) is 5.91 Å². The molecular formula is C13H13BrFN3O. The summed E-state index contributed by atoms with van der Waals surface area (Å²) in [5, 5.41) is 9.15. The number of halogens is 2. The molecule has 1 amide bonds. The lowest BCUT2D eigenvalue weighted by molar-refractivity contribution is 0.0934. The van der Waals surface area contributed by atoms with E-state index in [1.165, 1.54) is 12.3 Å². The quantitative estimate of drug-likeness (QED) is 0.908. The van der Waals surface area contributed by atoms with Crippen molar-refractivity contribution in [1.29, 1.82) is 0 Å². The Bertz CT molecular complexity index is 585. The van der Waals surface area contributed by atoms with E-state index in [1.54, 1.807) is 18.2 Å². The number of aromatic nitrogens is 2. The SMILES string of the molecule is C[C@@H](Cc1ccccc1F)NC(=O)c1[nH]ncc1Br. The number of hydrogen-bond acceptors (Lipinski definition) is 2.